The summed E-state index contributed by atoms with van der Waals surface area (Å²) in [7, 11) is 0. The van der Waals surface area contributed by atoms with E-state index in [1.54, 1.807) is 0 Å². The third kappa shape index (κ3) is 3.01. The van der Waals surface area contributed by atoms with Crippen LogP contribution in [0, 0.1) is 0 Å². The van der Waals surface area contributed by atoms with Gasteiger partial charge in [-0.15, -0.1) is 0 Å². The minimum absolute atomic E-state index is 0.312. The predicted octanol–water partition coefficient (Wildman–Crippen LogP) is 0.479. The van der Waals surface area contributed by atoms with Gasteiger partial charge < -0.3 is 16.8 Å². The summed E-state index contributed by atoms with van der Waals surface area (Å²) in [5.74, 6) is 0. The molecule has 0 atom stereocenters. The summed E-state index contributed by atoms with van der Waals surface area (Å²) in [6, 6.07) is 7.94. The van der Waals surface area contributed by atoms with Gasteiger partial charge in [0.05, 0.1) is 0 Å². The Bertz CT molecular complexity index is 299. The molecule has 0 radical (unpaired) electrons. The fraction of sp³-hybridized carbons (Fsp3) is 0.222. The van der Waals surface area contributed by atoms with Gasteiger partial charge in [0, 0.05) is 13.1 Å². The van der Waals surface area contributed by atoms with Crippen molar-refractivity contribution in [2.75, 3.05) is 0 Å². The van der Waals surface area contributed by atoms with Crippen molar-refractivity contribution in [3.63, 3.8) is 0 Å². The van der Waals surface area contributed by atoms with E-state index >= 15 is 0 Å². The average Bonchev–Trinajstić information content (AvgIpc) is 2.15. The number of hydrogen-bond acceptors (Lipinski definition) is 2. The highest BCUT2D eigenvalue weighted by Gasteiger charge is 1.98. The molecule has 1 rings (SSSR count). The second-order valence-electron chi connectivity index (χ2n) is 2.69. The Morgan fingerprint density at radius 1 is 1.31 bits per heavy atom. The molecule has 70 valence electrons. The summed E-state index contributed by atoms with van der Waals surface area (Å²) in [5, 5.41) is 3.20. The monoisotopic (exact) mass is 195 g/mol. The topological polar surface area (TPSA) is 64.1 Å². The molecule has 0 aromatic heterocycles. The Morgan fingerprint density at radius 2 is 1.92 bits per heavy atom. The van der Waals surface area contributed by atoms with Crippen molar-refractivity contribution in [2.45, 2.75) is 13.1 Å². The van der Waals surface area contributed by atoms with Gasteiger partial charge in [0.1, 0.15) is 0 Å². The van der Waals surface area contributed by atoms with E-state index in [1.165, 1.54) is 0 Å². The van der Waals surface area contributed by atoms with Crippen molar-refractivity contribution in [1.82, 2.24) is 5.32 Å². The molecule has 0 aliphatic heterocycles. The van der Waals surface area contributed by atoms with Gasteiger partial charge in [-0.3, -0.25) is 0 Å². The molecule has 13 heavy (non-hydrogen) atoms. The van der Waals surface area contributed by atoms with Crippen LogP contribution in [0.15, 0.2) is 24.3 Å². The van der Waals surface area contributed by atoms with E-state index in [2.05, 4.69) is 5.32 Å². The van der Waals surface area contributed by atoms with Gasteiger partial charge in [0.25, 0.3) is 0 Å². The summed E-state index contributed by atoms with van der Waals surface area (Å²) in [6.07, 6.45) is 0. The van der Waals surface area contributed by atoms with Crippen molar-refractivity contribution >= 4 is 17.3 Å². The van der Waals surface area contributed by atoms with E-state index in [0.717, 1.165) is 11.1 Å². The van der Waals surface area contributed by atoms with Crippen LogP contribution in [0.4, 0.5) is 0 Å². The van der Waals surface area contributed by atoms with E-state index in [1.807, 2.05) is 24.3 Å². The average molecular weight is 195 g/mol. The maximum Gasteiger partial charge on any atom is 0.163 e. The highest BCUT2D eigenvalue weighted by Crippen LogP contribution is 2.06. The molecule has 0 amide bonds. The smallest absolute Gasteiger partial charge is 0.163 e. The standard InChI is InChI=1S/C9H13N3S/c10-5-7-3-1-2-4-8(7)6-12-9(11)13/h1-4H,5-6,10H2,(H3,11,12,13). The van der Waals surface area contributed by atoms with E-state index in [4.69, 9.17) is 23.7 Å². The Hall–Kier alpha value is -1.13. The second-order valence-corrected chi connectivity index (χ2v) is 3.13. The summed E-state index contributed by atoms with van der Waals surface area (Å²) in [4.78, 5) is 0. The van der Waals surface area contributed by atoms with E-state index in [9.17, 15) is 0 Å². The van der Waals surface area contributed by atoms with Crippen LogP contribution in [0.2, 0.25) is 0 Å². The SMILES string of the molecule is NCc1ccccc1CNC(N)=S. The van der Waals surface area contributed by atoms with Crippen molar-refractivity contribution in [3.05, 3.63) is 35.4 Å². The van der Waals surface area contributed by atoms with Gasteiger partial charge >= 0.3 is 0 Å². The van der Waals surface area contributed by atoms with Gasteiger partial charge in [-0.05, 0) is 23.3 Å². The summed E-state index contributed by atoms with van der Waals surface area (Å²) < 4.78 is 0. The number of nitrogens with one attached hydrogen (secondary N) is 1. The van der Waals surface area contributed by atoms with Crippen molar-refractivity contribution < 1.29 is 0 Å². The summed E-state index contributed by atoms with van der Waals surface area (Å²) in [6.45, 7) is 1.18. The van der Waals surface area contributed by atoms with Crippen LogP contribution in [0.25, 0.3) is 0 Å². The highest BCUT2D eigenvalue weighted by molar-refractivity contribution is 7.80. The molecular weight excluding hydrogens is 182 g/mol. The van der Waals surface area contributed by atoms with Crippen LogP contribution < -0.4 is 16.8 Å². The maximum absolute atomic E-state index is 5.57. The maximum atomic E-state index is 5.57. The van der Waals surface area contributed by atoms with Crippen LogP contribution >= 0.6 is 12.2 Å². The fourth-order valence-electron chi connectivity index (χ4n) is 1.11. The lowest BCUT2D eigenvalue weighted by atomic mass is 10.1. The zero-order valence-corrected chi connectivity index (χ0v) is 8.10. The highest BCUT2D eigenvalue weighted by atomic mass is 32.1. The molecule has 0 fully saturated rings. The van der Waals surface area contributed by atoms with Gasteiger partial charge in [-0.1, -0.05) is 24.3 Å². The molecule has 0 heterocycles. The lowest BCUT2D eigenvalue weighted by Gasteiger charge is -2.08. The quantitative estimate of drug-likeness (QED) is 0.614. The van der Waals surface area contributed by atoms with Crippen LogP contribution in [0.5, 0.6) is 0 Å². The summed E-state index contributed by atoms with van der Waals surface area (Å²) in [5.41, 5.74) is 13.1. The van der Waals surface area contributed by atoms with Gasteiger partial charge in [0.2, 0.25) is 0 Å². The van der Waals surface area contributed by atoms with Gasteiger partial charge in [-0.2, -0.15) is 0 Å². The largest absolute Gasteiger partial charge is 0.376 e. The predicted molar refractivity (Wildman–Crippen MR) is 58.0 cm³/mol. The third-order valence-electron chi connectivity index (χ3n) is 1.79. The van der Waals surface area contributed by atoms with Gasteiger partial charge in [-0.25, -0.2) is 0 Å². The van der Waals surface area contributed by atoms with Gasteiger partial charge in [0.15, 0.2) is 5.11 Å². The van der Waals surface area contributed by atoms with Crippen LogP contribution in [0.3, 0.4) is 0 Å². The molecule has 0 unspecified atom stereocenters. The molecule has 0 saturated carbocycles. The van der Waals surface area contributed by atoms with Crippen molar-refractivity contribution in [1.29, 1.82) is 0 Å². The Kier molecular flexibility index (Phi) is 3.67. The molecular formula is C9H13N3S. The van der Waals surface area contributed by atoms with E-state index in [0.29, 0.717) is 18.2 Å². The minimum atomic E-state index is 0.312. The Balaban J connectivity index is 2.69. The third-order valence-corrected chi connectivity index (χ3v) is 1.94. The first-order chi connectivity index (χ1) is 6.24. The number of hydrogen-bond donors (Lipinski definition) is 3. The number of thiocarbonyl (C=S) groups is 1. The molecule has 0 bridgehead atoms. The number of nitrogens with two attached hydrogens (primary N) is 2. The molecule has 0 spiro atoms. The minimum Gasteiger partial charge on any atom is -0.376 e. The zero-order valence-electron chi connectivity index (χ0n) is 7.29. The lowest BCUT2D eigenvalue weighted by Crippen LogP contribution is -2.28. The molecule has 5 N–H and O–H groups in total. The summed E-state index contributed by atoms with van der Waals surface area (Å²) >= 11 is 4.71. The second kappa shape index (κ2) is 4.79. The normalized spacial score (nSPS) is 9.62. The van der Waals surface area contributed by atoms with Crippen molar-refractivity contribution in [2.24, 2.45) is 11.5 Å². The fourth-order valence-corrected chi connectivity index (χ4v) is 1.18. The zero-order chi connectivity index (χ0) is 9.68. The van der Waals surface area contributed by atoms with Crippen LogP contribution in [-0.2, 0) is 13.1 Å². The number of rotatable bonds is 3. The van der Waals surface area contributed by atoms with Crippen LogP contribution in [-0.4, -0.2) is 5.11 Å². The van der Waals surface area contributed by atoms with Crippen LogP contribution in [0.1, 0.15) is 11.1 Å². The Morgan fingerprint density at radius 3 is 2.46 bits per heavy atom. The number of benzene rings is 1. The molecule has 4 heteroatoms. The first-order valence-corrected chi connectivity index (χ1v) is 4.45. The molecule has 0 aliphatic carbocycles. The van der Waals surface area contributed by atoms with E-state index in [-0.39, 0.29) is 0 Å². The lowest BCUT2D eigenvalue weighted by molar-refractivity contribution is 0.889. The molecule has 0 aliphatic rings. The van der Waals surface area contributed by atoms with E-state index < -0.39 is 0 Å². The molecule has 3 nitrogen and oxygen atoms in total. The molecule has 0 saturated heterocycles. The Labute approximate surface area is 83.1 Å². The first kappa shape index (κ1) is 9.95. The van der Waals surface area contributed by atoms with Crippen molar-refractivity contribution in [3.8, 4) is 0 Å². The molecule has 1 aromatic carbocycles. The first-order valence-electron chi connectivity index (χ1n) is 4.04. The molecule has 1 aromatic rings.